The lowest BCUT2D eigenvalue weighted by Crippen LogP contribution is -2.57. The lowest BCUT2D eigenvalue weighted by atomic mass is 10.0. The summed E-state index contributed by atoms with van der Waals surface area (Å²) in [6.45, 7) is 3.94. The molecular formula is C42H51N5O6. The number of primary amides is 1. The predicted octanol–water partition coefficient (Wildman–Crippen LogP) is 4.77. The highest BCUT2D eigenvalue weighted by Crippen LogP contribution is 2.13. The van der Waals surface area contributed by atoms with Crippen molar-refractivity contribution in [2.24, 2.45) is 11.7 Å². The van der Waals surface area contributed by atoms with Crippen LogP contribution in [0.15, 0.2) is 121 Å². The van der Waals surface area contributed by atoms with Crippen LogP contribution in [0.3, 0.4) is 0 Å². The van der Waals surface area contributed by atoms with Gasteiger partial charge in [-0.1, -0.05) is 135 Å². The van der Waals surface area contributed by atoms with Gasteiger partial charge in [0, 0.05) is 13.0 Å². The average Bonchev–Trinajstić information content (AvgIpc) is 3.16. The van der Waals surface area contributed by atoms with Gasteiger partial charge in [0.15, 0.2) is 0 Å². The second-order valence-electron chi connectivity index (χ2n) is 13.5. The molecule has 4 aromatic carbocycles. The zero-order chi connectivity index (χ0) is 38.0. The molecule has 0 aliphatic carbocycles. The monoisotopic (exact) mass is 721 g/mol. The maximum Gasteiger partial charge on any atom is 0.407 e. The number of benzene rings is 4. The Kier molecular flexibility index (Phi) is 15.9. The van der Waals surface area contributed by atoms with E-state index in [1.165, 1.54) is 4.90 Å². The van der Waals surface area contributed by atoms with E-state index in [9.17, 15) is 24.3 Å². The fraction of sp³-hybridized carbons (Fsp3) is 0.333. The van der Waals surface area contributed by atoms with Gasteiger partial charge in [0.2, 0.25) is 11.8 Å². The van der Waals surface area contributed by atoms with Crippen LogP contribution < -0.4 is 21.7 Å². The lowest BCUT2D eigenvalue weighted by Gasteiger charge is -2.32. The first-order valence-electron chi connectivity index (χ1n) is 18.0. The SMILES string of the molecule is CC(C)C[C@H](NC(=O)N(CCc1ccccc1)C[C@@H](O)[C@H](Cc1ccccc1)NC(=O)OCc1ccccc1)C(=O)N[C@@H](Cc1ccccc1)C(N)=O. The molecule has 53 heavy (non-hydrogen) atoms. The number of ether oxygens (including phenoxy) is 1. The first-order valence-corrected chi connectivity index (χ1v) is 18.0. The molecule has 0 bridgehead atoms. The molecule has 0 radical (unpaired) electrons. The minimum absolute atomic E-state index is 0.0110. The number of hydrogen-bond acceptors (Lipinski definition) is 6. The predicted molar refractivity (Wildman–Crippen MR) is 204 cm³/mol. The van der Waals surface area contributed by atoms with Crippen LogP contribution in [0, 0.1) is 5.92 Å². The molecule has 0 aromatic heterocycles. The molecule has 4 rings (SSSR count). The van der Waals surface area contributed by atoms with Crippen LogP contribution in [-0.2, 0) is 40.2 Å². The number of rotatable bonds is 19. The number of nitrogens with two attached hydrogens (primary N) is 1. The van der Waals surface area contributed by atoms with Crippen LogP contribution in [0.1, 0.15) is 42.5 Å². The van der Waals surface area contributed by atoms with E-state index in [1.54, 1.807) is 0 Å². The average molecular weight is 722 g/mol. The van der Waals surface area contributed by atoms with E-state index in [1.807, 2.05) is 135 Å². The normalized spacial score (nSPS) is 13.2. The molecule has 0 saturated carbocycles. The topological polar surface area (TPSA) is 163 Å². The van der Waals surface area contributed by atoms with Crippen molar-refractivity contribution < 1.29 is 29.0 Å². The summed E-state index contributed by atoms with van der Waals surface area (Å²) in [7, 11) is 0. The van der Waals surface area contributed by atoms with E-state index in [0.717, 1.165) is 22.3 Å². The lowest BCUT2D eigenvalue weighted by molar-refractivity contribution is -0.128. The second-order valence-corrected chi connectivity index (χ2v) is 13.5. The molecule has 280 valence electrons. The van der Waals surface area contributed by atoms with E-state index in [2.05, 4.69) is 16.0 Å². The standard InChI is InChI=1S/C42H51N5O6/c1-30(2)25-37(40(50)44-36(39(43)49)27-33-19-11-5-12-20-33)45-41(51)47(24-23-31-15-7-3-8-16-31)28-38(48)35(26-32-17-9-4-10-18-32)46-42(52)53-29-34-21-13-6-14-22-34/h3-22,30,35-38,48H,23-29H2,1-2H3,(H2,43,49)(H,44,50)(H,45,51)(H,46,52)/t35-,36-,37-,38+/m0/s1. The summed E-state index contributed by atoms with van der Waals surface area (Å²) in [5, 5.41) is 20.1. The third-order valence-corrected chi connectivity index (χ3v) is 8.75. The van der Waals surface area contributed by atoms with Crippen molar-refractivity contribution in [3.63, 3.8) is 0 Å². The number of aliphatic hydroxyl groups excluding tert-OH is 1. The fourth-order valence-corrected chi connectivity index (χ4v) is 5.89. The van der Waals surface area contributed by atoms with Crippen LogP contribution in [0.5, 0.6) is 0 Å². The Morgan fingerprint density at radius 2 is 1.19 bits per heavy atom. The quantitative estimate of drug-likeness (QED) is 0.0938. The molecule has 0 saturated heterocycles. The summed E-state index contributed by atoms with van der Waals surface area (Å²) in [5.41, 5.74) is 9.17. The first kappa shape index (κ1) is 40.1. The van der Waals surface area contributed by atoms with Crippen LogP contribution in [0.4, 0.5) is 9.59 Å². The summed E-state index contributed by atoms with van der Waals surface area (Å²) < 4.78 is 5.47. The van der Waals surface area contributed by atoms with Crippen molar-refractivity contribution in [3.8, 4) is 0 Å². The Hall–Kier alpha value is -5.68. The van der Waals surface area contributed by atoms with Crippen molar-refractivity contribution in [3.05, 3.63) is 144 Å². The molecule has 5 amide bonds. The summed E-state index contributed by atoms with van der Waals surface area (Å²) in [4.78, 5) is 54.6. The summed E-state index contributed by atoms with van der Waals surface area (Å²) in [6, 6.07) is 34.1. The fourth-order valence-electron chi connectivity index (χ4n) is 5.89. The molecule has 11 nitrogen and oxygen atoms in total. The number of carbonyl (C=O) groups excluding carboxylic acids is 4. The van der Waals surface area contributed by atoms with Gasteiger partial charge in [-0.25, -0.2) is 9.59 Å². The summed E-state index contributed by atoms with van der Waals surface area (Å²) in [5.74, 6) is -1.22. The largest absolute Gasteiger partial charge is 0.445 e. The molecule has 0 spiro atoms. The maximum atomic E-state index is 14.1. The van der Waals surface area contributed by atoms with E-state index in [0.29, 0.717) is 6.42 Å². The number of carbonyl (C=O) groups is 4. The van der Waals surface area contributed by atoms with E-state index in [4.69, 9.17) is 10.5 Å². The van der Waals surface area contributed by atoms with Gasteiger partial charge >= 0.3 is 12.1 Å². The highest BCUT2D eigenvalue weighted by Gasteiger charge is 2.31. The molecule has 0 aliphatic heterocycles. The molecule has 0 fully saturated rings. The molecule has 6 N–H and O–H groups in total. The van der Waals surface area contributed by atoms with Gasteiger partial charge in [0.25, 0.3) is 0 Å². The van der Waals surface area contributed by atoms with Crippen LogP contribution in [0.2, 0.25) is 0 Å². The van der Waals surface area contributed by atoms with Crippen molar-refractivity contribution >= 4 is 23.9 Å². The smallest absolute Gasteiger partial charge is 0.407 e. The van der Waals surface area contributed by atoms with Crippen molar-refractivity contribution in [2.45, 2.75) is 70.4 Å². The second kappa shape index (κ2) is 21.0. The van der Waals surface area contributed by atoms with Gasteiger partial charge in [-0.05, 0) is 47.4 Å². The molecule has 0 heterocycles. The maximum absolute atomic E-state index is 14.1. The number of nitrogens with one attached hydrogen (secondary N) is 3. The van der Waals surface area contributed by atoms with E-state index < -0.39 is 48.2 Å². The third-order valence-electron chi connectivity index (χ3n) is 8.75. The molecule has 0 unspecified atom stereocenters. The minimum atomic E-state index is -1.22. The van der Waals surface area contributed by atoms with Gasteiger partial charge < -0.3 is 36.4 Å². The Morgan fingerprint density at radius 1 is 0.679 bits per heavy atom. The highest BCUT2D eigenvalue weighted by atomic mass is 16.5. The van der Waals surface area contributed by atoms with E-state index >= 15 is 0 Å². The Morgan fingerprint density at radius 3 is 1.72 bits per heavy atom. The molecule has 4 atom stereocenters. The summed E-state index contributed by atoms with van der Waals surface area (Å²) >= 11 is 0. The highest BCUT2D eigenvalue weighted by molar-refractivity contribution is 5.91. The minimum Gasteiger partial charge on any atom is -0.445 e. The molecule has 4 aromatic rings. The molecule has 0 aliphatic rings. The van der Waals surface area contributed by atoms with Crippen molar-refractivity contribution in [1.29, 1.82) is 0 Å². The van der Waals surface area contributed by atoms with Crippen LogP contribution in [0.25, 0.3) is 0 Å². The number of nitrogens with zero attached hydrogens (tertiary/aromatic N) is 1. The van der Waals surface area contributed by atoms with Gasteiger partial charge in [-0.3, -0.25) is 9.59 Å². The third kappa shape index (κ3) is 14.1. The number of aliphatic hydroxyl groups is 1. The van der Waals surface area contributed by atoms with Crippen LogP contribution >= 0.6 is 0 Å². The Balaban J connectivity index is 1.52. The first-order chi connectivity index (χ1) is 25.6. The van der Waals surface area contributed by atoms with Crippen LogP contribution in [-0.4, -0.2) is 71.3 Å². The number of amides is 5. The van der Waals surface area contributed by atoms with Gasteiger partial charge in [0.1, 0.15) is 18.7 Å². The van der Waals surface area contributed by atoms with E-state index in [-0.39, 0.29) is 44.9 Å². The Labute approximate surface area is 311 Å². The zero-order valence-corrected chi connectivity index (χ0v) is 30.4. The number of urea groups is 1. The number of alkyl carbamates (subject to hydrolysis) is 1. The summed E-state index contributed by atoms with van der Waals surface area (Å²) in [6.07, 6.45) is -0.701. The zero-order valence-electron chi connectivity index (χ0n) is 30.4. The molecular weight excluding hydrogens is 670 g/mol. The molecule has 11 heteroatoms. The van der Waals surface area contributed by atoms with Gasteiger partial charge in [-0.15, -0.1) is 0 Å². The van der Waals surface area contributed by atoms with Crippen molar-refractivity contribution in [2.75, 3.05) is 13.1 Å². The Bertz CT molecular complexity index is 1710. The number of hydrogen-bond donors (Lipinski definition) is 5. The van der Waals surface area contributed by atoms with Gasteiger partial charge in [-0.2, -0.15) is 0 Å². The van der Waals surface area contributed by atoms with Crippen molar-refractivity contribution in [1.82, 2.24) is 20.9 Å². The van der Waals surface area contributed by atoms with Gasteiger partial charge in [0.05, 0.1) is 18.7 Å².